The molecule has 0 aliphatic heterocycles. The van der Waals surface area contributed by atoms with Gasteiger partial charge in [0, 0.05) is 32.7 Å². The van der Waals surface area contributed by atoms with E-state index in [4.69, 9.17) is 4.74 Å². The number of hydrogen-bond acceptors (Lipinski definition) is 5. The van der Waals surface area contributed by atoms with Crippen LogP contribution in [-0.2, 0) is 4.74 Å². The number of ether oxygens (including phenoxy) is 1. The Bertz CT molecular complexity index is 1300. The highest BCUT2D eigenvalue weighted by atomic mass is 32.2. The fraction of sp³-hybridized carbons (Fsp3) is 0.120. The molecule has 0 unspecified atom stereocenters. The van der Waals surface area contributed by atoms with Crippen LogP contribution in [0.15, 0.2) is 77.7 Å². The Kier molecular flexibility index (Phi) is 6.74. The first-order chi connectivity index (χ1) is 15.9. The number of fused-ring (bicyclic) bond motifs is 1. The maximum atomic E-state index is 12.8. The van der Waals surface area contributed by atoms with Crippen LogP contribution in [0, 0.1) is 6.92 Å². The number of nitrogens with one attached hydrogen (secondary N) is 2. The monoisotopic (exact) mass is 466 g/mol. The number of hydrogen-bond donors (Lipinski definition) is 2. The second-order valence-electron chi connectivity index (χ2n) is 7.24. The number of carbonyl (C=O) groups is 2. The number of halogens is 2. The molecule has 1 heterocycles. The first-order valence-electron chi connectivity index (χ1n) is 10.1. The number of aryl methyl sites for hydroxylation is 1. The lowest BCUT2D eigenvalue weighted by molar-refractivity contribution is 0.0476. The second kappa shape index (κ2) is 9.87. The number of thioether (sulfide) groups is 1. The number of aromatic amines is 1. The average molecular weight is 467 g/mol. The smallest absolute Gasteiger partial charge is 0.340 e. The van der Waals surface area contributed by atoms with Crippen LogP contribution < -0.4 is 5.32 Å². The Hall–Kier alpha value is -3.65. The van der Waals surface area contributed by atoms with Crippen LogP contribution in [-0.4, -0.2) is 29.1 Å². The Balaban J connectivity index is 1.46. The Morgan fingerprint density at radius 3 is 2.45 bits per heavy atom. The molecule has 168 valence electrons. The normalized spacial score (nSPS) is 11.0. The van der Waals surface area contributed by atoms with Gasteiger partial charge < -0.3 is 15.0 Å². The molecule has 0 aliphatic carbocycles. The number of H-pyrrole nitrogens is 1. The third-order valence-corrected chi connectivity index (χ3v) is 5.73. The fourth-order valence-electron chi connectivity index (χ4n) is 3.56. The van der Waals surface area contributed by atoms with Crippen LogP contribution >= 0.6 is 11.8 Å². The maximum Gasteiger partial charge on any atom is 0.340 e. The molecule has 0 radical (unpaired) electrons. The van der Waals surface area contributed by atoms with Crippen molar-refractivity contribution in [1.29, 1.82) is 0 Å². The van der Waals surface area contributed by atoms with E-state index in [9.17, 15) is 18.4 Å². The second-order valence-corrected chi connectivity index (χ2v) is 8.31. The number of esters is 1. The van der Waals surface area contributed by atoms with E-state index < -0.39 is 18.3 Å². The minimum absolute atomic E-state index is 0.256. The zero-order valence-corrected chi connectivity index (χ0v) is 18.4. The van der Waals surface area contributed by atoms with Crippen LogP contribution in [0.25, 0.3) is 10.9 Å². The number of rotatable bonds is 8. The van der Waals surface area contributed by atoms with Crippen molar-refractivity contribution >= 4 is 45.8 Å². The summed E-state index contributed by atoms with van der Waals surface area (Å²) in [6.45, 7) is 1.41. The van der Waals surface area contributed by atoms with Crippen molar-refractivity contribution in [3.8, 4) is 0 Å². The van der Waals surface area contributed by atoms with Crippen molar-refractivity contribution in [3.63, 3.8) is 0 Å². The molecule has 0 spiro atoms. The lowest BCUT2D eigenvalue weighted by atomic mass is 10.1. The van der Waals surface area contributed by atoms with Crippen LogP contribution in [0.3, 0.4) is 0 Å². The van der Waals surface area contributed by atoms with Crippen LogP contribution in [0.5, 0.6) is 0 Å². The van der Waals surface area contributed by atoms with Gasteiger partial charge in [-0.1, -0.05) is 42.1 Å². The van der Waals surface area contributed by atoms with E-state index in [1.54, 1.807) is 55.5 Å². The summed E-state index contributed by atoms with van der Waals surface area (Å²) < 4.78 is 30.3. The standard InChI is InChI=1S/C25H20F2N2O3S/c1-15-23(18-6-2-4-8-20(18)28-15)22(30)14-32-24(31)19-7-3-5-9-21(19)29-16-10-12-17(13-11-16)33-25(26)27/h2-13,25,28-29H,14H2,1H3. The Morgan fingerprint density at radius 2 is 1.70 bits per heavy atom. The summed E-state index contributed by atoms with van der Waals surface area (Å²) in [6.07, 6.45) is 0. The number of benzene rings is 3. The van der Waals surface area contributed by atoms with Gasteiger partial charge in [0.15, 0.2) is 6.61 Å². The number of anilines is 2. The Morgan fingerprint density at radius 1 is 1.00 bits per heavy atom. The van der Waals surface area contributed by atoms with Gasteiger partial charge in [0.05, 0.1) is 11.3 Å². The molecule has 0 aliphatic rings. The summed E-state index contributed by atoms with van der Waals surface area (Å²) in [5.74, 6) is -3.43. The highest BCUT2D eigenvalue weighted by Gasteiger charge is 2.19. The van der Waals surface area contributed by atoms with Crippen molar-refractivity contribution in [2.45, 2.75) is 17.6 Å². The summed E-state index contributed by atoms with van der Waals surface area (Å²) in [5.41, 5.74) is 3.43. The average Bonchev–Trinajstić information content (AvgIpc) is 3.14. The minimum atomic E-state index is -2.49. The highest BCUT2D eigenvalue weighted by molar-refractivity contribution is 7.99. The van der Waals surface area contributed by atoms with Crippen LogP contribution in [0.1, 0.15) is 26.4 Å². The zero-order valence-electron chi connectivity index (χ0n) is 17.6. The summed E-state index contributed by atoms with van der Waals surface area (Å²) in [7, 11) is 0. The lowest BCUT2D eigenvalue weighted by Crippen LogP contribution is -2.15. The van der Waals surface area contributed by atoms with Gasteiger partial charge in [0.2, 0.25) is 5.78 Å². The van der Waals surface area contributed by atoms with Gasteiger partial charge in [-0.15, -0.1) is 0 Å². The topological polar surface area (TPSA) is 71.2 Å². The largest absolute Gasteiger partial charge is 0.454 e. The number of aromatic nitrogens is 1. The van der Waals surface area contributed by atoms with Gasteiger partial charge in [-0.25, -0.2) is 4.79 Å². The molecule has 0 bridgehead atoms. The molecule has 33 heavy (non-hydrogen) atoms. The van der Waals surface area contributed by atoms with Crippen LogP contribution in [0.4, 0.5) is 20.2 Å². The van der Waals surface area contributed by atoms with Crippen LogP contribution in [0.2, 0.25) is 0 Å². The number of alkyl halides is 2. The van der Waals surface area contributed by atoms with Gasteiger partial charge >= 0.3 is 5.97 Å². The molecule has 1 aromatic heterocycles. The number of carbonyl (C=O) groups excluding carboxylic acids is 2. The molecule has 4 rings (SSSR count). The van der Waals surface area contributed by atoms with Gasteiger partial charge in [-0.05, 0) is 49.4 Å². The van der Waals surface area contributed by atoms with E-state index in [1.807, 2.05) is 24.3 Å². The molecular weight excluding hydrogens is 446 g/mol. The molecule has 8 heteroatoms. The summed E-state index contributed by atoms with van der Waals surface area (Å²) >= 11 is 0.462. The maximum absolute atomic E-state index is 12.8. The van der Waals surface area contributed by atoms with Gasteiger partial charge in [-0.3, -0.25) is 4.79 Å². The summed E-state index contributed by atoms with van der Waals surface area (Å²) in [4.78, 5) is 29.1. The van der Waals surface area contributed by atoms with Crippen molar-refractivity contribution in [3.05, 3.63) is 89.6 Å². The van der Waals surface area contributed by atoms with E-state index in [1.165, 1.54) is 0 Å². The van der Waals surface area contributed by atoms with Gasteiger partial charge in [0.1, 0.15) is 0 Å². The zero-order chi connectivity index (χ0) is 23.4. The van der Waals surface area contributed by atoms with Crippen molar-refractivity contribution in [1.82, 2.24) is 4.98 Å². The highest BCUT2D eigenvalue weighted by Crippen LogP contribution is 2.28. The predicted molar refractivity (Wildman–Crippen MR) is 126 cm³/mol. The SMILES string of the molecule is Cc1[nH]c2ccccc2c1C(=O)COC(=O)c1ccccc1Nc1ccc(SC(F)F)cc1. The number of para-hydroxylation sites is 2. The molecule has 0 saturated carbocycles. The van der Waals surface area contributed by atoms with Crippen molar-refractivity contribution in [2.24, 2.45) is 0 Å². The van der Waals surface area contributed by atoms with Crippen molar-refractivity contribution in [2.75, 3.05) is 11.9 Å². The molecule has 0 saturated heterocycles. The molecule has 0 atom stereocenters. The summed E-state index contributed by atoms with van der Waals surface area (Å²) in [5, 5.41) is 3.88. The van der Waals surface area contributed by atoms with Gasteiger partial charge in [-0.2, -0.15) is 8.78 Å². The van der Waals surface area contributed by atoms with Gasteiger partial charge in [0.25, 0.3) is 5.76 Å². The first-order valence-corrected chi connectivity index (χ1v) is 11.0. The van der Waals surface area contributed by atoms with E-state index >= 15 is 0 Å². The van der Waals surface area contributed by atoms with E-state index in [0.717, 1.165) is 10.9 Å². The van der Waals surface area contributed by atoms with E-state index in [-0.39, 0.29) is 11.3 Å². The summed E-state index contributed by atoms with van der Waals surface area (Å²) in [6, 6.07) is 20.6. The molecule has 2 N–H and O–H groups in total. The molecular formula is C25H20F2N2O3S. The number of Topliss-reactive ketones (excluding diaryl/α,β-unsaturated/α-hetero) is 1. The molecule has 4 aromatic rings. The first kappa shape index (κ1) is 22.5. The minimum Gasteiger partial charge on any atom is -0.454 e. The van der Waals surface area contributed by atoms with E-state index in [0.29, 0.717) is 39.3 Å². The fourth-order valence-corrected chi connectivity index (χ4v) is 4.06. The predicted octanol–water partition coefficient (Wildman–Crippen LogP) is 6.57. The lowest BCUT2D eigenvalue weighted by Gasteiger charge is -2.12. The third kappa shape index (κ3) is 5.23. The Labute approximate surface area is 193 Å². The molecule has 3 aromatic carbocycles. The molecule has 0 fully saturated rings. The third-order valence-electron chi connectivity index (χ3n) is 5.01. The molecule has 0 amide bonds. The molecule has 5 nitrogen and oxygen atoms in total. The quantitative estimate of drug-likeness (QED) is 0.174. The number of ketones is 1. The van der Waals surface area contributed by atoms with Crippen molar-refractivity contribution < 1.29 is 23.1 Å². The van der Waals surface area contributed by atoms with E-state index in [2.05, 4.69) is 10.3 Å².